The Morgan fingerprint density at radius 2 is 1.69 bits per heavy atom. The van der Waals surface area contributed by atoms with E-state index in [2.05, 4.69) is 10.8 Å². The molecule has 0 aliphatic rings. The summed E-state index contributed by atoms with van der Waals surface area (Å²) >= 11 is 5.51. The molecule has 94 valence electrons. The lowest BCUT2D eigenvalue weighted by Gasteiger charge is -2.00. The summed E-state index contributed by atoms with van der Waals surface area (Å²) in [6.45, 7) is 0. The fourth-order valence-electron chi connectivity index (χ4n) is 1.52. The van der Waals surface area contributed by atoms with Crippen molar-refractivity contribution in [3.05, 3.63) is 12.2 Å². The predicted molar refractivity (Wildman–Crippen MR) is 68.8 cm³/mol. The van der Waals surface area contributed by atoms with Crippen LogP contribution >= 0.6 is 11.6 Å². The normalized spacial score (nSPS) is 10.9. The second kappa shape index (κ2) is 12.6. The van der Waals surface area contributed by atoms with Gasteiger partial charge in [-0.25, -0.2) is 0 Å². The molecule has 0 rings (SSSR count). The summed E-state index contributed by atoms with van der Waals surface area (Å²) in [5.41, 5.74) is 0. The van der Waals surface area contributed by atoms with E-state index in [1.165, 1.54) is 32.8 Å². The first-order valence-electron chi connectivity index (χ1n) is 6.09. The largest absolute Gasteiger partial charge is 0.469 e. The lowest BCUT2D eigenvalue weighted by Crippen LogP contribution is -1.99. The van der Waals surface area contributed by atoms with Crippen LogP contribution in [0.1, 0.15) is 51.4 Å². The molecule has 2 nitrogen and oxygen atoms in total. The van der Waals surface area contributed by atoms with E-state index in [9.17, 15) is 4.79 Å². The molecule has 0 aromatic rings. The smallest absolute Gasteiger partial charge is 0.305 e. The Kier molecular flexibility index (Phi) is 12.2. The number of carbonyl (C=O) groups is 1. The first-order chi connectivity index (χ1) is 7.81. The molecule has 0 spiro atoms. The summed E-state index contributed by atoms with van der Waals surface area (Å²) in [5, 5.41) is 0. The third-order valence-corrected chi connectivity index (χ3v) is 2.66. The lowest BCUT2D eigenvalue weighted by atomic mass is 10.1. The zero-order valence-corrected chi connectivity index (χ0v) is 11.0. The van der Waals surface area contributed by atoms with Gasteiger partial charge in [0.05, 0.1) is 7.11 Å². The molecule has 0 fully saturated rings. The summed E-state index contributed by atoms with van der Waals surface area (Å²) < 4.78 is 4.58. The van der Waals surface area contributed by atoms with Gasteiger partial charge in [-0.2, -0.15) is 0 Å². The standard InChI is InChI=1S/C13H23ClO2/c1-16-13(15)11-9-7-5-3-2-4-6-8-10-12-14/h8,10H,2-7,9,11-12H2,1H3. The molecule has 0 amide bonds. The van der Waals surface area contributed by atoms with Gasteiger partial charge in [0.2, 0.25) is 0 Å². The number of alkyl halides is 1. The quantitative estimate of drug-likeness (QED) is 0.251. The number of ether oxygens (including phenoxy) is 1. The maximum absolute atomic E-state index is 10.8. The molecule has 0 saturated heterocycles. The third kappa shape index (κ3) is 11.6. The van der Waals surface area contributed by atoms with E-state index in [0.29, 0.717) is 12.3 Å². The van der Waals surface area contributed by atoms with E-state index in [4.69, 9.17) is 11.6 Å². The summed E-state index contributed by atoms with van der Waals surface area (Å²) in [7, 11) is 1.44. The van der Waals surface area contributed by atoms with Crippen molar-refractivity contribution >= 4 is 17.6 Å². The minimum Gasteiger partial charge on any atom is -0.469 e. The van der Waals surface area contributed by atoms with E-state index < -0.39 is 0 Å². The fourth-order valence-corrected chi connectivity index (χ4v) is 1.65. The maximum atomic E-state index is 10.8. The highest BCUT2D eigenvalue weighted by molar-refractivity contribution is 6.18. The molecular formula is C13H23ClO2. The van der Waals surface area contributed by atoms with Crippen LogP contribution < -0.4 is 0 Å². The number of rotatable bonds is 10. The van der Waals surface area contributed by atoms with Gasteiger partial charge < -0.3 is 4.74 Å². The van der Waals surface area contributed by atoms with E-state index in [-0.39, 0.29) is 5.97 Å². The maximum Gasteiger partial charge on any atom is 0.305 e. The zero-order chi connectivity index (χ0) is 12.1. The summed E-state index contributed by atoms with van der Waals surface area (Å²) in [4.78, 5) is 10.8. The monoisotopic (exact) mass is 246 g/mol. The number of hydrogen-bond donors (Lipinski definition) is 0. The Morgan fingerprint density at radius 3 is 2.31 bits per heavy atom. The van der Waals surface area contributed by atoms with Crippen molar-refractivity contribution in [1.82, 2.24) is 0 Å². The van der Waals surface area contributed by atoms with Crippen molar-refractivity contribution in [3.8, 4) is 0 Å². The van der Waals surface area contributed by atoms with Gasteiger partial charge in [0.1, 0.15) is 0 Å². The number of unbranched alkanes of at least 4 members (excludes halogenated alkanes) is 6. The second-order valence-corrected chi connectivity index (χ2v) is 4.17. The van der Waals surface area contributed by atoms with Crippen LogP contribution in [-0.2, 0) is 9.53 Å². The Balaban J connectivity index is 3.04. The van der Waals surface area contributed by atoms with Crippen LogP contribution in [0.15, 0.2) is 12.2 Å². The van der Waals surface area contributed by atoms with Gasteiger partial charge in [0, 0.05) is 12.3 Å². The van der Waals surface area contributed by atoms with Gasteiger partial charge in [-0.05, 0) is 19.3 Å². The number of halogens is 1. The molecule has 0 heterocycles. The number of esters is 1. The van der Waals surface area contributed by atoms with Gasteiger partial charge in [-0.1, -0.05) is 37.8 Å². The first-order valence-corrected chi connectivity index (χ1v) is 6.62. The first kappa shape index (κ1) is 15.5. The van der Waals surface area contributed by atoms with Gasteiger partial charge in [0.15, 0.2) is 0 Å². The number of methoxy groups -OCH3 is 1. The molecule has 0 saturated carbocycles. The highest BCUT2D eigenvalue weighted by Gasteiger charge is 1.98. The van der Waals surface area contributed by atoms with Crippen molar-refractivity contribution in [2.75, 3.05) is 13.0 Å². The molecule has 0 atom stereocenters. The van der Waals surface area contributed by atoms with Crippen LogP contribution in [0.2, 0.25) is 0 Å². The SMILES string of the molecule is COC(=O)CCCCCCCCC=CCCl. The van der Waals surface area contributed by atoms with Gasteiger partial charge in [-0.3, -0.25) is 4.79 Å². The van der Waals surface area contributed by atoms with Crippen molar-refractivity contribution in [2.24, 2.45) is 0 Å². The van der Waals surface area contributed by atoms with Crippen LogP contribution in [0.25, 0.3) is 0 Å². The van der Waals surface area contributed by atoms with E-state index in [0.717, 1.165) is 19.3 Å². The fraction of sp³-hybridized carbons (Fsp3) is 0.769. The zero-order valence-electron chi connectivity index (χ0n) is 10.2. The molecule has 0 aliphatic heterocycles. The molecule has 0 unspecified atom stereocenters. The molecule has 16 heavy (non-hydrogen) atoms. The van der Waals surface area contributed by atoms with E-state index in [1.807, 2.05) is 6.08 Å². The molecule has 0 aromatic heterocycles. The second-order valence-electron chi connectivity index (χ2n) is 3.86. The van der Waals surface area contributed by atoms with Crippen LogP contribution in [0.4, 0.5) is 0 Å². The molecule has 3 heteroatoms. The van der Waals surface area contributed by atoms with Gasteiger partial charge in [0.25, 0.3) is 0 Å². The van der Waals surface area contributed by atoms with Crippen molar-refractivity contribution < 1.29 is 9.53 Å². The van der Waals surface area contributed by atoms with Crippen LogP contribution in [0.5, 0.6) is 0 Å². The number of hydrogen-bond acceptors (Lipinski definition) is 2. The summed E-state index contributed by atoms with van der Waals surface area (Å²) in [6, 6.07) is 0. The molecular weight excluding hydrogens is 224 g/mol. The Hall–Kier alpha value is -0.500. The van der Waals surface area contributed by atoms with Crippen molar-refractivity contribution in [3.63, 3.8) is 0 Å². The highest BCUT2D eigenvalue weighted by atomic mass is 35.5. The van der Waals surface area contributed by atoms with Crippen LogP contribution in [0, 0.1) is 0 Å². The Morgan fingerprint density at radius 1 is 1.06 bits per heavy atom. The van der Waals surface area contributed by atoms with Gasteiger partial charge in [-0.15, -0.1) is 11.6 Å². The lowest BCUT2D eigenvalue weighted by molar-refractivity contribution is -0.140. The molecule has 0 N–H and O–H groups in total. The van der Waals surface area contributed by atoms with Crippen molar-refractivity contribution in [1.29, 1.82) is 0 Å². The van der Waals surface area contributed by atoms with Crippen molar-refractivity contribution in [2.45, 2.75) is 51.4 Å². The number of carbonyl (C=O) groups excluding carboxylic acids is 1. The van der Waals surface area contributed by atoms with E-state index >= 15 is 0 Å². The minimum absolute atomic E-state index is 0.0915. The Labute approximate surface area is 104 Å². The summed E-state index contributed by atoms with van der Waals surface area (Å²) in [5.74, 6) is 0.527. The molecule has 0 radical (unpaired) electrons. The van der Waals surface area contributed by atoms with Crippen LogP contribution in [-0.4, -0.2) is 19.0 Å². The average Bonchev–Trinajstić information content (AvgIpc) is 2.31. The molecule has 0 aliphatic carbocycles. The highest BCUT2D eigenvalue weighted by Crippen LogP contribution is 2.09. The molecule has 0 bridgehead atoms. The summed E-state index contributed by atoms with van der Waals surface area (Å²) in [6.07, 6.45) is 12.9. The topological polar surface area (TPSA) is 26.3 Å². The predicted octanol–water partition coefficient (Wildman–Crippen LogP) is 4.08. The minimum atomic E-state index is -0.0915. The molecule has 0 aromatic carbocycles. The third-order valence-electron chi connectivity index (χ3n) is 2.49. The van der Waals surface area contributed by atoms with Gasteiger partial charge >= 0.3 is 5.97 Å². The number of allylic oxidation sites excluding steroid dienone is 2. The van der Waals surface area contributed by atoms with E-state index in [1.54, 1.807) is 0 Å². The average molecular weight is 247 g/mol. The Bertz CT molecular complexity index is 190. The van der Waals surface area contributed by atoms with Crippen LogP contribution in [0.3, 0.4) is 0 Å².